The van der Waals surface area contributed by atoms with Crippen LogP contribution in [0.5, 0.6) is 0 Å². The van der Waals surface area contributed by atoms with Gasteiger partial charge in [-0.05, 0) is 35.7 Å². The average molecular weight is 361 g/mol. The van der Waals surface area contributed by atoms with Crippen LogP contribution in [0.25, 0.3) is 0 Å². The van der Waals surface area contributed by atoms with Gasteiger partial charge in [-0.2, -0.15) is 0 Å². The van der Waals surface area contributed by atoms with E-state index in [-0.39, 0.29) is 22.8 Å². The summed E-state index contributed by atoms with van der Waals surface area (Å²) in [5.74, 6) is -1.11. The molecule has 25 heavy (non-hydrogen) atoms. The Morgan fingerprint density at radius 3 is 2.60 bits per heavy atom. The molecule has 0 unspecified atom stereocenters. The fourth-order valence-electron chi connectivity index (χ4n) is 3.10. The number of hydrogen-bond donors (Lipinski definition) is 1. The second-order valence-corrected chi connectivity index (χ2v) is 6.80. The summed E-state index contributed by atoms with van der Waals surface area (Å²) in [4.78, 5) is 27.0. The first-order valence-corrected chi connectivity index (χ1v) is 8.41. The highest BCUT2D eigenvalue weighted by Crippen LogP contribution is 2.28. The molecule has 1 atom stereocenters. The molecule has 0 aliphatic carbocycles. The Morgan fingerprint density at radius 2 is 1.96 bits per heavy atom. The highest BCUT2D eigenvalue weighted by molar-refractivity contribution is 6.31. The molecule has 2 aromatic carbocycles. The molecule has 1 N–H and O–H groups in total. The van der Waals surface area contributed by atoms with E-state index in [1.165, 1.54) is 18.2 Å². The maximum Gasteiger partial charge on any atom is 0.255 e. The van der Waals surface area contributed by atoms with Gasteiger partial charge >= 0.3 is 0 Å². The predicted molar refractivity (Wildman–Crippen MR) is 95.0 cm³/mol. The number of anilines is 1. The molecule has 0 fully saturated rings. The molecule has 3 rings (SSSR count). The molecule has 0 saturated carbocycles. The minimum Gasteiger partial charge on any atom is -0.324 e. The number of halogens is 2. The van der Waals surface area contributed by atoms with E-state index in [0.29, 0.717) is 17.8 Å². The Morgan fingerprint density at radius 1 is 1.24 bits per heavy atom. The standard InChI is InChI=1S/C19H18ClFN2O2/c1-11(2)17(18(24)22-13-7-8-16(21)15(20)9-13)23-10-12-5-3-4-6-14(12)19(23)25/h3-9,11,17H,10H2,1-2H3,(H,22,24)/t17-/m1/s1. The Kier molecular flexibility index (Phi) is 4.77. The Labute approximate surface area is 150 Å². The van der Waals surface area contributed by atoms with Crippen molar-refractivity contribution in [1.29, 1.82) is 0 Å². The lowest BCUT2D eigenvalue weighted by atomic mass is 10.0. The second-order valence-electron chi connectivity index (χ2n) is 6.40. The predicted octanol–water partition coefficient (Wildman–Crippen LogP) is 4.10. The van der Waals surface area contributed by atoms with Crippen molar-refractivity contribution in [2.75, 3.05) is 5.32 Å². The van der Waals surface area contributed by atoms with Crippen molar-refractivity contribution in [2.24, 2.45) is 5.92 Å². The monoisotopic (exact) mass is 360 g/mol. The van der Waals surface area contributed by atoms with Crippen molar-refractivity contribution in [1.82, 2.24) is 4.90 Å². The van der Waals surface area contributed by atoms with Crippen LogP contribution < -0.4 is 5.32 Å². The molecule has 130 valence electrons. The number of fused-ring (bicyclic) bond motifs is 1. The molecule has 0 spiro atoms. The number of carbonyl (C=O) groups is 2. The van der Waals surface area contributed by atoms with Crippen molar-refractivity contribution >= 4 is 29.1 Å². The SMILES string of the molecule is CC(C)[C@H](C(=O)Nc1ccc(F)c(Cl)c1)N1Cc2ccccc2C1=O. The summed E-state index contributed by atoms with van der Waals surface area (Å²) in [6, 6.07) is 10.7. The molecule has 0 aromatic heterocycles. The molecule has 0 radical (unpaired) electrons. The van der Waals surface area contributed by atoms with E-state index >= 15 is 0 Å². The summed E-state index contributed by atoms with van der Waals surface area (Å²) in [5, 5.41) is 2.67. The third-order valence-corrected chi connectivity index (χ3v) is 4.56. The fraction of sp³-hybridized carbons (Fsp3) is 0.263. The van der Waals surface area contributed by atoms with E-state index < -0.39 is 11.9 Å². The summed E-state index contributed by atoms with van der Waals surface area (Å²) in [5.41, 5.74) is 1.94. The largest absolute Gasteiger partial charge is 0.324 e. The number of hydrogen-bond acceptors (Lipinski definition) is 2. The van der Waals surface area contributed by atoms with Crippen LogP contribution in [-0.2, 0) is 11.3 Å². The lowest BCUT2D eigenvalue weighted by Crippen LogP contribution is -2.47. The van der Waals surface area contributed by atoms with Gasteiger partial charge in [0.1, 0.15) is 11.9 Å². The molecule has 1 aliphatic rings. The van der Waals surface area contributed by atoms with Crippen molar-refractivity contribution < 1.29 is 14.0 Å². The molecule has 6 heteroatoms. The van der Waals surface area contributed by atoms with Gasteiger partial charge in [-0.3, -0.25) is 9.59 Å². The summed E-state index contributed by atoms with van der Waals surface area (Å²) in [6.07, 6.45) is 0. The normalized spacial score (nSPS) is 14.6. The van der Waals surface area contributed by atoms with Gasteiger partial charge in [-0.25, -0.2) is 4.39 Å². The number of benzene rings is 2. The van der Waals surface area contributed by atoms with E-state index in [2.05, 4.69) is 5.32 Å². The summed E-state index contributed by atoms with van der Waals surface area (Å²) < 4.78 is 13.3. The lowest BCUT2D eigenvalue weighted by molar-refractivity contribution is -0.122. The lowest BCUT2D eigenvalue weighted by Gasteiger charge is -2.30. The first-order valence-electron chi connectivity index (χ1n) is 8.03. The van der Waals surface area contributed by atoms with Crippen LogP contribution in [-0.4, -0.2) is 22.8 Å². The van der Waals surface area contributed by atoms with Crippen LogP contribution >= 0.6 is 11.6 Å². The maximum absolute atomic E-state index is 13.3. The zero-order chi connectivity index (χ0) is 18.1. The Bertz CT molecular complexity index is 838. The van der Waals surface area contributed by atoms with Crippen LogP contribution in [0.3, 0.4) is 0 Å². The summed E-state index contributed by atoms with van der Waals surface area (Å²) in [6.45, 7) is 4.17. The van der Waals surface area contributed by atoms with E-state index in [9.17, 15) is 14.0 Å². The fourth-order valence-corrected chi connectivity index (χ4v) is 3.28. The third kappa shape index (κ3) is 3.37. The van der Waals surface area contributed by atoms with Crippen LogP contribution in [0.15, 0.2) is 42.5 Å². The van der Waals surface area contributed by atoms with Gasteiger partial charge in [0.15, 0.2) is 0 Å². The van der Waals surface area contributed by atoms with E-state index in [1.54, 1.807) is 11.0 Å². The number of nitrogens with zero attached hydrogens (tertiary/aromatic N) is 1. The molecule has 2 amide bonds. The molecular weight excluding hydrogens is 343 g/mol. The highest BCUT2D eigenvalue weighted by atomic mass is 35.5. The van der Waals surface area contributed by atoms with Gasteiger partial charge in [0.05, 0.1) is 5.02 Å². The molecule has 1 aliphatic heterocycles. The topological polar surface area (TPSA) is 49.4 Å². The zero-order valence-electron chi connectivity index (χ0n) is 13.9. The first-order chi connectivity index (χ1) is 11.9. The van der Waals surface area contributed by atoms with E-state index in [1.807, 2.05) is 32.0 Å². The number of carbonyl (C=O) groups excluding carboxylic acids is 2. The molecule has 0 bridgehead atoms. The van der Waals surface area contributed by atoms with Gasteiger partial charge < -0.3 is 10.2 Å². The number of amides is 2. The Balaban J connectivity index is 1.83. The first kappa shape index (κ1) is 17.4. The molecular formula is C19H18ClFN2O2. The zero-order valence-corrected chi connectivity index (χ0v) is 14.7. The number of rotatable bonds is 4. The summed E-state index contributed by atoms with van der Waals surface area (Å²) >= 11 is 5.76. The Hall–Kier alpha value is -2.40. The maximum atomic E-state index is 13.3. The van der Waals surface area contributed by atoms with Crippen molar-refractivity contribution in [3.63, 3.8) is 0 Å². The molecule has 4 nitrogen and oxygen atoms in total. The molecule has 1 heterocycles. The minimum atomic E-state index is -0.635. The van der Waals surface area contributed by atoms with Crippen LogP contribution in [0.4, 0.5) is 10.1 Å². The van der Waals surface area contributed by atoms with E-state index in [0.717, 1.165) is 5.56 Å². The summed E-state index contributed by atoms with van der Waals surface area (Å²) in [7, 11) is 0. The van der Waals surface area contributed by atoms with Crippen molar-refractivity contribution in [3.05, 3.63) is 64.4 Å². The second kappa shape index (κ2) is 6.84. The van der Waals surface area contributed by atoms with Gasteiger partial charge in [-0.1, -0.05) is 43.6 Å². The molecule has 0 saturated heterocycles. The third-order valence-electron chi connectivity index (χ3n) is 4.27. The van der Waals surface area contributed by atoms with Gasteiger partial charge in [0.2, 0.25) is 5.91 Å². The average Bonchev–Trinajstić information content (AvgIpc) is 2.88. The van der Waals surface area contributed by atoms with Gasteiger partial charge in [0, 0.05) is 17.8 Å². The quantitative estimate of drug-likeness (QED) is 0.892. The molecule has 2 aromatic rings. The van der Waals surface area contributed by atoms with Crippen LogP contribution in [0.2, 0.25) is 5.02 Å². The van der Waals surface area contributed by atoms with Crippen molar-refractivity contribution in [2.45, 2.75) is 26.4 Å². The van der Waals surface area contributed by atoms with Gasteiger partial charge in [-0.15, -0.1) is 0 Å². The minimum absolute atomic E-state index is 0.0662. The van der Waals surface area contributed by atoms with Crippen molar-refractivity contribution in [3.8, 4) is 0 Å². The smallest absolute Gasteiger partial charge is 0.255 e. The van der Waals surface area contributed by atoms with Gasteiger partial charge in [0.25, 0.3) is 5.91 Å². The van der Waals surface area contributed by atoms with E-state index in [4.69, 9.17) is 11.6 Å². The number of nitrogens with one attached hydrogen (secondary N) is 1. The van der Waals surface area contributed by atoms with Crippen LogP contribution in [0.1, 0.15) is 29.8 Å². The van der Waals surface area contributed by atoms with Crippen LogP contribution in [0, 0.1) is 11.7 Å². The highest BCUT2D eigenvalue weighted by Gasteiger charge is 2.37.